The molecule has 4 aromatic carbocycles. The van der Waals surface area contributed by atoms with Gasteiger partial charge in [-0.25, -0.2) is 0 Å². The number of hydrogen-bond donors (Lipinski definition) is 0. The summed E-state index contributed by atoms with van der Waals surface area (Å²) in [4.78, 5) is 0. The molecule has 4 aromatic rings. The monoisotopic (exact) mass is 306 g/mol. The van der Waals surface area contributed by atoms with E-state index in [9.17, 15) is 0 Å². The SMILES string of the molecule is Bc1cc(C)c(-c2c(C)cc(B)c3ccccc23)c2ccccc12. The average Bonchev–Trinajstić information content (AvgIpc) is 2.57. The Balaban J connectivity index is 2.23. The van der Waals surface area contributed by atoms with Crippen LogP contribution in [0.25, 0.3) is 32.7 Å². The number of benzene rings is 4. The summed E-state index contributed by atoms with van der Waals surface area (Å²) >= 11 is 0. The Morgan fingerprint density at radius 3 is 1.25 bits per heavy atom. The Labute approximate surface area is 145 Å². The zero-order valence-electron chi connectivity index (χ0n) is 14.8. The first-order valence-corrected chi connectivity index (χ1v) is 8.56. The molecule has 0 aliphatic heterocycles. The van der Waals surface area contributed by atoms with Gasteiger partial charge in [-0.3, -0.25) is 0 Å². The van der Waals surface area contributed by atoms with Gasteiger partial charge in [0.25, 0.3) is 0 Å². The van der Waals surface area contributed by atoms with E-state index >= 15 is 0 Å². The van der Waals surface area contributed by atoms with Gasteiger partial charge in [0.15, 0.2) is 0 Å². The van der Waals surface area contributed by atoms with E-state index in [0.29, 0.717) is 0 Å². The maximum absolute atomic E-state index is 2.33. The number of aryl methyl sites for hydroxylation is 2. The highest BCUT2D eigenvalue weighted by Crippen LogP contribution is 2.37. The van der Waals surface area contributed by atoms with Crippen LogP contribution in [0.3, 0.4) is 0 Å². The molecule has 0 N–H and O–H groups in total. The standard InChI is InChI=1S/C22H20B2/c1-13-11-19(23)15-7-3-5-9-17(15)21(13)22-14(2)12-20(24)16-8-4-6-10-18(16)22/h3-12H,23-24H2,1-2H3. The fraction of sp³-hybridized carbons (Fsp3) is 0.0909. The lowest BCUT2D eigenvalue weighted by Gasteiger charge is -2.19. The summed E-state index contributed by atoms with van der Waals surface area (Å²) in [5.41, 5.74) is 8.16. The van der Waals surface area contributed by atoms with Gasteiger partial charge in [0.2, 0.25) is 0 Å². The minimum absolute atomic E-state index is 1.35. The highest BCUT2D eigenvalue weighted by atomic mass is 14.2. The fourth-order valence-electron chi connectivity index (χ4n) is 4.13. The van der Waals surface area contributed by atoms with Gasteiger partial charge in [0, 0.05) is 0 Å². The van der Waals surface area contributed by atoms with Gasteiger partial charge in [0.1, 0.15) is 15.7 Å². The molecule has 0 atom stereocenters. The highest BCUT2D eigenvalue weighted by Gasteiger charge is 2.15. The number of hydrogen-bond acceptors (Lipinski definition) is 0. The summed E-state index contributed by atoms with van der Waals surface area (Å²) in [7, 11) is 4.42. The van der Waals surface area contributed by atoms with Crippen LogP contribution in [0.1, 0.15) is 11.1 Å². The number of rotatable bonds is 1. The largest absolute Gasteiger partial charge is 0.140 e. The van der Waals surface area contributed by atoms with Crippen LogP contribution in [0.4, 0.5) is 0 Å². The van der Waals surface area contributed by atoms with Gasteiger partial charge in [-0.1, -0.05) is 71.6 Å². The molecule has 0 aliphatic rings. The average molecular weight is 306 g/mol. The molecule has 0 bridgehead atoms. The van der Waals surface area contributed by atoms with Crippen molar-refractivity contribution in [1.29, 1.82) is 0 Å². The van der Waals surface area contributed by atoms with Crippen molar-refractivity contribution in [2.45, 2.75) is 13.8 Å². The third-order valence-corrected chi connectivity index (χ3v) is 5.15. The van der Waals surface area contributed by atoms with E-state index in [4.69, 9.17) is 0 Å². The van der Waals surface area contributed by atoms with E-state index in [1.54, 1.807) is 0 Å². The van der Waals surface area contributed by atoms with Crippen molar-refractivity contribution in [3.8, 4) is 11.1 Å². The van der Waals surface area contributed by atoms with E-state index in [1.165, 1.54) is 54.7 Å². The summed E-state index contributed by atoms with van der Waals surface area (Å²) in [6.45, 7) is 4.48. The topological polar surface area (TPSA) is 0 Å². The van der Waals surface area contributed by atoms with Crippen molar-refractivity contribution < 1.29 is 0 Å². The second-order valence-corrected chi connectivity index (χ2v) is 6.86. The summed E-state index contributed by atoms with van der Waals surface area (Å²) in [6, 6.07) is 22.2. The van der Waals surface area contributed by atoms with Crippen LogP contribution in [0.5, 0.6) is 0 Å². The van der Waals surface area contributed by atoms with Crippen molar-refractivity contribution in [3.63, 3.8) is 0 Å². The molecule has 0 saturated heterocycles. The van der Waals surface area contributed by atoms with Crippen LogP contribution in [0, 0.1) is 13.8 Å². The first kappa shape index (κ1) is 15.1. The zero-order chi connectivity index (χ0) is 16.8. The molecule has 0 heterocycles. The van der Waals surface area contributed by atoms with E-state index in [2.05, 4.69) is 90.2 Å². The molecule has 0 radical (unpaired) electrons. The van der Waals surface area contributed by atoms with E-state index in [-0.39, 0.29) is 0 Å². The molecular weight excluding hydrogens is 286 g/mol. The third kappa shape index (κ3) is 2.17. The molecule has 114 valence electrons. The molecule has 0 spiro atoms. The summed E-state index contributed by atoms with van der Waals surface area (Å²) in [5, 5.41) is 5.41. The summed E-state index contributed by atoms with van der Waals surface area (Å²) in [5.74, 6) is 0. The maximum atomic E-state index is 2.33. The molecule has 0 unspecified atom stereocenters. The zero-order valence-corrected chi connectivity index (χ0v) is 14.8. The molecule has 4 rings (SSSR count). The molecule has 2 heteroatoms. The Hall–Kier alpha value is -2.47. The predicted octanol–water partition coefficient (Wildman–Crippen LogP) is 2.79. The van der Waals surface area contributed by atoms with Gasteiger partial charge in [-0.2, -0.15) is 0 Å². The van der Waals surface area contributed by atoms with Crippen LogP contribution in [0.15, 0.2) is 60.7 Å². The van der Waals surface area contributed by atoms with Crippen LogP contribution in [-0.2, 0) is 0 Å². The smallest absolute Gasteiger partial charge is 0.0810 e. The minimum Gasteiger partial charge on any atom is -0.0810 e. The molecule has 24 heavy (non-hydrogen) atoms. The van der Waals surface area contributed by atoms with Crippen LogP contribution >= 0.6 is 0 Å². The normalized spacial score (nSPS) is 11.2. The molecule has 0 aliphatic carbocycles. The molecule has 0 nitrogen and oxygen atoms in total. The Morgan fingerprint density at radius 1 is 0.542 bits per heavy atom. The lowest BCUT2D eigenvalue weighted by molar-refractivity contribution is 1.46. The van der Waals surface area contributed by atoms with E-state index in [1.807, 2.05) is 0 Å². The van der Waals surface area contributed by atoms with Gasteiger partial charge in [-0.15, -0.1) is 0 Å². The highest BCUT2D eigenvalue weighted by molar-refractivity contribution is 6.41. The van der Waals surface area contributed by atoms with Crippen molar-refractivity contribution >= 4 is 48.2 Å². The van der Waals surface area contributed by atoms with E-state index in [0.717, 1.165) is 0 Å². The minimum atomic E-state index is 1.35. The van der Waals surface area contributed by atoms with E-state index < -0.39 is 0 Å². The lowest BCUT2D eigenvalue weighted by atomic mass is 9.79. The van der Waals surface area contributed by atoms with Crippen LogP contribution in [-0.4, -0.2) is 15.7 Å². The van der Waals surface area contributed by atoms with Gasteiger partial charge in [-0.05, 0) is 57.6 Å². The Kier molecular flexibility index (Phi) is 3.49. The van der Waals surface area contributed by atoms with Crippen LogP contribution in [0.2, 0.25) is 0 Å². The quantitative estimate of drug-likeness (QED) is 0.474. The van der Waals surface area contributed by atoms with Gasteiger partial charge < -0.3 is 0 Å². The van der Waals surface area contributed by atoms with Crippen LogP contribution < -0.4 is 10.9 Å². The molecule has 0 saturated carbocycles. The third-order valence-electron chi connectivity index (χ3n) is 5.15. The maximum Gasteiger partial charge on any atom is 0.140 e. The molecule has 0 fully saturated rings. The van der Waals surface area contributed by atoms with Crippen molar-refractivity contribution in [3.05, 3.63) is 71.8 Å². The van der Waals surface area contributed by atoms with Crippen molar-refractivity contribution in [2.24, 2.45) is 0 Å². The first-order chi connectivity index (χ1) is 11.6. The van der Waals surface area contributed by atoms with Gasteiger partial charge >= 0.3 is 0 Å². The lowest BCUT2D eigenvalue weighted by Crippen LogP contribution is -2.09. The fourth-order valence-corrected chi connectivity index (χ4v) is 4.13. The molecular formula is C22H20B2. The number of fused-ring (bicyclic) bond motifs is 2. The second-order valence-electron chi connectivity index (χ2n) is 6.86. The molecule has 0 aromatic heterocycles. The predicted molar refractivity (Wildman–Crippen MR) is 113 cm³/mol. The summed E-state index contributed by atoms with van der Waals surface area (Å²) < 4.78 is 0. The van der Waals surface area contributed by atoms with Crippen molar-refractivity contribution in [1.82, 2.24) is 0 Å². The Morgan fingerprint density at radius 2 is 0.875 bits per heavy atom. The summed E-state index contributed by atoms with van der Waals surface area (Å²) in [6.07, 6.45) is 0. The van der Waals surface area contributed by atoms with Gasteiger partial charge in [0.05, 0.1) is 0 Å². The second kappa shape index (κ2) is 5.56. The first-order valence-electron chi connectivity index (χ1n) is 8.56. The molecule has 0 amide bonds. The Bertz CT molecular complexity index is 1000. The van der Waals surface area contributed by atoms with Crippen molar-refractivity contribution in [2.75, 3.05) is 0 Å².